The van der Waals surface area contributed by atoms with Crippen LogP contribution in [0.2, 0.25) is 0 Å². The molecule has 2 aliphatic rings. The number of carbonyl (C=O) groups excluding carboxylic acids is 2. The van der Waals surface area contributed by atoms with Gasteiger partial charge in [-0.3, -0.25) is 9.59 Å². The van der Waals surface area contributed by atoms with Crippen LogP contribution in [-0.4, -0.2) is 69.7 Å². The molecule has 2 aliphatic heterocycles. The first-order valence-corrected chi connectivity index (χ1v) is 12.5. The minimum atomic E-state index is -0.765. The normalized spacial score (nSPS) is 19.1. The molecule has 4 rings (SSSR count). The van der Waals surface area contributed by atoms with Crippen LogP contribution >= 0.6 is 11.3 Å². The lowest BCUT2D eigenvalue weighted by Gasteiger charge is -2.29. The maximum absolute atomic E-state index is 13.3. The van der Waals surface area contributed by atoms with E-state index in [-0.39, 0.29) is 5.57 Å². The fourth-order valence-electron chi connectivity index (χ4n) is 4.53. The minimum Gasteiger partial charge on any atom is -0.868 e. The Balaban J connectivity index is 1.65. The number of methoxy groups -OCH3 is 1. The van der Waals surface area contributed by atoms with Gasteiger partial charge in [0.2, 0.25) is 11.7 Å². The Labute approximate surface area is 203 Å². The second kappa shape index (κ2) is 11.0. The van der Waals surface area contributed by atoms with Crippen LogP contribution < -0.4 is 19.5 Å². The number of quaternary nitrogens is 1. The van der Waals surface area contributed by atoms with Gasteiger partial charge in [-0.25, -0.2) is 0 Å². The Kier molecular flexibility index (Phi) is 7.87. The first-order valence-electron chi connectivity index (χ1n) is 11.6. The third kappa shape index (κ3) is 4.96. The van der Waals surface area contributed by atoms with Crippen LogP contribution in [0.15, 0.2) is 47.0 Å². The first kappa shape index (κ1) is 24.3. The van der Waals surface area contributed by atoms with Crippen molar-refractivity contribution in [1.29, 1.82) is 0 Å². The zero-order valence-corrected chi connectivity index (χ0v) is 20.3. The van der Waals surface area contributed by atoms with E-state index in [4.69, 9.17) is 14.2 Å². The predicted molar refractivity (Wildman–Crippen MR) is 125 cm³/mol. The number of Topliss-reactive ketones (excluding diaryl/α,β-unsaturated/α-hetero) is 1. The van der Waals surface area contributed by atoms with E-state index >= 15 is 0 Å². The molecular formula is C25H30N2O6S. The third-order valence-corrected chi connectivity index (χ3v) is 7.08. The predicted octanol–water partition coefficient (Wildman–Crippen LogP) is 0.841. The van der Waals surface area contributed by atoms with Gasteiger partial charge in [-0.15, -0.1) is 11.3 Å². The molecule has 1 atom stereocenters. The SMILES string of the molecule is CCOc1ccc(C2C(C(=O)c3cccs3)=C([O-])C(=O)N2CCC[NH+]2CCOCC2)cc1OC. The fraction of sp³-hybridized carbons (Fsp3) is 0.440. The quantitative estimate of drug-likeness (QED) is 0.501. The first-order chi connectivity index (χ1) is 16.5. The summed E-state index contributed by atoms with van der Waals surface area (Å²) < 4.78 is 16.5. The number of amides is 1. The molecule has 1 aromatic carbocycles. The van der Waals surface area contributed by atoms with E-state index in [2.05, 4.69) is 0 Å². The van der Waals surface area contributed by atoms with E-state index in [9.17, 15) is 14.7 Å². The maximum atomic E-state index is 13.3. The number of nitrogens with zero attached hydrogens (tertiary/aromatic N) is 1. The van der Waals surface area contributed by atoms with Gasteiger partial charge in [0.15, 0.2) is 11.5 Å². The largest absolute Gasteiger partial charge is 0.868 e. The molecule has 1 unspecified atom stereocenters. The average molecular weight is 487 g/mol. The van der Waals surface area contributed by atoms with E-state index in [1.165, 1.54) is 28.2 Å². The van der Waals surface area contributed by atoms with Crippen molar-refractivity contribution in [2.45, 2.75) is 19.4 Å². The van der Waals surface area contributed by atoms with Gasteiger partial charge in [0.05, 0.1) is 44.4 Å². The molecule has 9 heteroatoms. The van der Waals surface area contributed by atoms with Gasteiger partial charge in [0, 0.05) is 18.5 Å². The summed E-state index contributed by atoms with van der Waals surface area (Å²) in [7, 11) is 1.54. The zero-order valence-electron chi connectivity index (χ0n) is 19.5. The highest BCUT2D eigenvalue weighted by atomic mass is 32.1. The molecule has 0 spiro atoms. The molecule has 34 heavy (non-hydrogen) atoms. The van der Waals surface area contributed by atoms with E-state index in [1.54, 1.807) is 35.7 Å². The number of ketones is 1. The van der Waals surface area contributed by atoms with Gasteiger partial charge in [0.25, 0.3) is 0 Å². The number of carbonyl (C=O) groups is 2. The molecule has 3 heterocycles. The molecule has 1 fully saturated rings. The monoisotopic (exact) mass is 486 g/mol. The maximum Gasteiger partial charge on any atom is 0.239 e. The summed E-state index contributed by atoms with van der Waals surface area (Å²) in [5, 5.41) is 14.9. The number of nitrogens with one attached hydrogen (secondary N) is 1. The average Bonchev–Trinajstić information content (AvgIpc) is 3.48. The number of rotatable bonds is 10. The minimum absolute atomic E-state index is 0.00242. The van der Waals surface area contributed by atoms with E-state index in [1.807, 2.05) is 6.92 Å². The highest BCUT2D eigenvalue weighted by Gasteiger charge is 2.40. The zero-order chi connectivity index (χ0) is 24.1. The van der Waals surface area contributed by atoms with E-state index in [0.29, 0.717) is 35.1 Å². The Morgan fingerprint density at radius 2 is 2.06 bits per heavy atom. The highest BCUT2D eigenvalue weighted by molar-refractivity contribution is 7.12. The molecule has 1 aromatic heterocycles. The summed E-state index contributed by atoms with van der Waals surface area (Å²) in [5.41, 5.74) is 0.649. The summed E-state index contributed by atoms with van der Waals surface area (Å²) in [6, 6.07) is 7.98. The molecule has 2 aromatic rings. The van der Waals surface area contributed by atoms with Gasteiger partial charge in [0.1, 0.15) is 13.1 Å². The standard InChI is InChI=1S/C25H30N2O6S/c1-3-33-18-8-7-17(16-19(18)31-2)22-21(23(28)20-6-4-15-34-20)24(29)25(30)27(22)10-5-9-26-11-13-32-14-12-26/h4,6-8,15-16,22,29H,3,5,9-14H2,1-2H3. The number of thiophene rings is 1. The molecule has 182 valence electrons. The lowest BCUT2D eigenvalue weighted by molar-refractivity contribution is -0.908. The Morgan fingerprint density at radius 1 is 1.26 bits per heavy atom. The molecule has 1 amide bonds. The van der Waals surface area contributed by atoms with Crippen molar-refractivity contribution in [2.24, 2.45) is 0 Å². The number of hydrogen-bond acceptors (Lipinski definition) is 7. The molecule has 0 saturated carbocycles. The van der Waals surface area contributed by atoms with Crippen LogP contribution in [0.3, 0.4) is 0 Å². The molecule has 8 nitrogen and oxygen atoms in total. The molecular weight excluding hydrogens is 456 g/mol. The highest BCUT2D eigenvalue weighted by Crippen LogP contribution is 2.41. The van der Waals surface area contributed by atoms with Crippen molar-refractivity contribution in [3.05, 3.63) is 57.5 Å². The Hall–Kier alpha value is -2.88. The lowest BCUT2D eigenvalue weighted by Crippen LogP contribution is -3.14. The summed E-state index contributed by atoms with van der Waals surface area (Å²) in [6.45, 7) is 6.94. The van der Waals surface area contributed by atoms with Crippen LogP contribution in [0.4, 0.5) is 0 Å². The smallest absolute Gasteiger partial charge is 0.239 e. The van der Waals surface area contributed by atoms with Crippen molar-refractivity contribution in [1.82, 2.24) is 4.90 Å². The van der Waals surface area contributed by atoms with Gasteiger partial charge in [-0.05, 0) is 41.8 Å². The second-order valence-electron chi connectivity index (χ2n) is 8.26. The molecule has 0 radical (unpaired) electrons. The molecule has 1 saturated heterocycles. The lowest BCUT2D eigenvalue weighted by atomic mass is 9.95. The Bertz CT molecular complexity index is 1050. The van der Waals surface area contributed by atoms with Crippen molar-refractivity contribution in [3.8, 4) is 11.5 Å². The van der Waals surface area contributed by atoms with Crippen LogP contribution in [-0.2, 0) is 9.53 Å². The van der Waals surface area contributed by atoms with E-state index in [0.717, 1.165) is 39.3 Å². The van der Waals surface area contributed by atoms with Gasteiger partial charge in [-0.1, -0.05) is 12.1 Å². The van der Waals surface area contributed by atoms with E-state index < -0.39 is 23.5 Å². The van der Waals surface area contributed by atoms with Crippen LogP contribution in [0.5, 0.6) is 11.5 Å². The van der Waals surface area contributed by atoms with Crippen molar-refractivity contribution >= 4 is 23.0 Å². The third-order valence-electron chi connectivity index (χ3n) is 6.21. The van der Waals surface area contributed by atoms with Crippen molar-refractivity contribution in [3.63, 3.8) is 0 Å². The van der Waals surface area contributed by atoms with Gasteiger partial charge >= 0.3 is 0 Å². The second-order valence-corrected chi connectivity index (χ2v) is 9.21. The number of ether oxygens (including phenoxy) is 3. The van der Waals surface area contributed by atoms with Crippen molar-refractivity contribution < 1.29 is 33.8 Å². The summed E-state index contributed by atoms with van der Waals surface area (Å²) >= 11 is 1.26. The van der Waals surface area contributed by atoms with Gasteiger partial charge < -0.3 is 29.1 Å². The number of benzene rings is 1. The summed E-state index contributed by atoms with van der Waals surface area (Å²) in [5.74, 6) is -0.693. The molecule has 0 bridgehead atoms. The molecule has 0 aliphatic carbocycles. The molecule has 1 N–H and O–H groups in total. The van der Waals surface area contributed by atoms with Crippen LogP contribution in [0.25, 0.3) is 0 Å². The van der Waals surface area contributed by atoms with Crippen LogP contribution in [0.1, 0.15) is 34.6 Å². The topological polar surface area (TPSA) is 92.6 Å². The van der Waals surface area contributed by atoms with Gasteiger partial charge in [-0.2, -0.15) is 0 Å². The fourth-order valence-corrected chi connectivity index (χ4v) is 5.20. The van der Waals surface area contributed by atoms with Crippen molar-refractivity contribution in [2.75, 3.05) is 53.1 Å². The number of hydrogen-bond donors (Lipinski definition) is 1. The number of morpholine rings is 1. The Morgan fingerprint density at radius 3 is 2.74 bits per heavy atom. The summed E-state index contributed by atoms with van der Waals surface area (Å²) in [6.07, 6.45) is 0.722. The van der Waals surface area contributed by atoms with Crippen LogP contribution in [0, 0.1) is 0 Å². The summed E-state index contributed by atoms with van der Waals surface area (Å²) in [4.78, 5) is 29.8.